The molecule has 0 aliphatic carbocycles. The van der Waals surface area contributed by atoms with Gasteiger partial charge in [-0.15, -0.1) is 0 Å². The molecule has 0 aliphatic rings. The number of urea groups is 1. The Morgan fingerprint density at radius 3 is 2.79 bits per heavy atom. The van der Waals surface area contributed by atoms with Crippen LogP contribution in [0.2, 0.25) is 0 Å². The molecule has 1 rings (SSSR count). The summed E-state index contributed by atoms with van der Waals surface area (Å²) in [6.45, 7) is 1.06. The number of nitrogens with one attached hydrogen (secondary N) is 3. The molecule has 0 fully saturated rings. The highest BCUT2D eigenvalue weighted by Crippen LogP contribution is 2.16. The fraction of sp³-hybridized carbons (Fsp3) is 0.231. The summed E-state index contributed by atoms with van der Waals surface area (Å²) in [5, 5.41) is 7.80. The summed E-state index contributed by atoms with van der Waals surface area (Å²) in [7, 11) is 0. The van der Waals surface area contributed by atoms with Crippen LogP contribution in [0.1, 0.15) is 12.0 Å². The minimum absolute atomic E-state index is 0.269. The summed E-state index contributed by atoms with van der Waals surface area (Å²) >= 11 is 3.41. The number of amides is 3. The fourth-order valence-electron chi connectivity index (χ4n) is 1.32. The fourth-order valence-corrected chi connectivity index (χ4v) is 1.74. The lowest BCUT2D eigenvalue weighted by molar-refractivity contribution is -0.109. The third kappa shape index (κ3) is 6.61. The molecule has 102 valence electrons. The first-order valence-corrected chi connectivity index (χ1v) is 6.66. The summed E-state index contributed by atoms with van der Waals surface area (Å²) in [6, 6.07) is 7.44. The Morgan fingerprint density at radius 1 is 1.26 bits per heavy atom. The normalized spacial score (nSPS) is 10.2. The van der Waals surface area contributed by atoms with E-state index in [1.807, 2.05) is 24.3 Å². The van der Waals surface area contributed by atoms with Gasteiger partial charge < -0.3 is 16.0 Å². The lowest BCUT2D eigenvalue weighted by Gasteiger charge is -2.04. The smallest absolute Gasteiger partial charge is 0.318 e. The van der Waals surface area contributed by atoms with Crippen LogP contribution in [0, 0.1) is 0 Å². The molecular weight excluding hydrogens is 310 g/mol. The highest BCUT2D eigenvalue weighted by Gasteiger charge is 1.96. The van der Waals surface area contributed by atoms with Crippen molar-refractivity contribution >= 4 is 34.4 Å². The molecule has 0 aliphatic heterocycles. The Labute approximate surface area is 120 Å². The van der Waals surface area contributed by atoms with Gasteiger partial charge >= 0.3 is 6.03 Å². The topological polar surface area (TPSA) is 70.2 Å². The van der Waals surface area contributed by atoms with Crippen molar-refractivity contribution < 1.29 is 9.59 Å². The van der Waals surface area contributed by atoms with Crippen LogP contribution in [0.15, 0.2) is 34.9 Å². The molecule has 0 saturated carbocycles. The van der Waals surface area contributed by atoms with Crippen molar-refractivity contribution in [1.29, 1.82) is 0 Å². The molecular formula is C13H16BrN3O2. The predicted molar refractivity (Wildman–Crippen MR) is 78.4 cm³/mol. The number of hydrogen-bond donors (Lipinski definition) is 3. The third-order valence-electron chi connectivity index (χ3n) is 2.25. The van der Waals surface area contributed by atoms with E-state index in [0.29, 0.717) is 25.9 Å². The molecule has 0 radical (unpaired) electrons. The Balaban J connectivity index is 2.23. The molecule has 5 nitrogen and oxygen atoms in total. The van der Waals surface area contributed by atoms with Gasteiger partial charge in [-0.1, -0.05) is 34.1 Å². The van der Waals surface area contributed by atoms with Gasteiger partial charge in [-0.05, 0) is 24.1 Å². The molecule has 6 heteroatoms. The van der Waals surface area contributed by atoms with Crippen molar-refractivity contribution in [2.45, 2.75) is 6.42 Å². The van der Waals surface area contributed by atoms with Gasteiger partial charge in [0.2, 0.25) is 6.41 Å². The first-order valence-electron chi connectivity index (χ1n) is 5.86. The monoisotopic (exact) mass is 325 g/mol. The van der Waals surface area contributed by atoms with Crippen LogP contribution in [0.5, 0.6) is 0 Å². The maximum Gasteiger partial charge on any atom is 0.318 e. The van der Waals surface area contributed by atoms with Gasteiger partial charge in [0, 0.05) is 23.8 Å². The van der Waals surface area contributed by atoms with Crippen LogP contribution in [0.4, 0.5) is 4.79 Å². The summed E-state index contributed by atoms with van der Waals surface area (Å²) in [6.07, 6.45) is 4.72. The van der Waals surface area contributed by atoms with E-state index < -0.39 is 0 Å². The molecule has 0 spiro atoms. The molecule has 0 aromatic heterocycles. The average molecular weight is 326 g/mol. The van der Waals surface area contributed by atoms with Gasteiger partial charge in [-0.25, -0.2) is 4.79 Å². The van der Waals surface area contributed by atoms with Crippen molar-refractivity contribution in [2.24, 2.45) is 0 Å². The van der Waals surface area contributed by atoms with Crippen molar-refractivity contribution in [1.82, 2.24) is 16.0 Å². The molecule has 1 aromatic rings. The molecule has 19 heavy (non-hydrogen) atoms. The van der Waals surface area contributed by atoms with Crippen LogP contribution in [-0.4, -0.2) is 25.5 Å². The highest BCUT2D eigenvalue weighted by molar-refractivity contribution is 9.10. The van der Waals surface area contributed by atoms with Gasteiger partial charge in [0.05, 0.1) is 0 Å². The zero-order valence-corrected chi connectivity index (χ0v) is 11.9. The van der Waals surface area contributed by atoms with E-state index in [2.05, 4.69) is 31.9 Å². The standard InChI is InChI=1S/C13H16BrN3O2/c14-12-5-2-1-4-11(12)6-9-17-13(19)16-8-3-7-15-10-18/h1-2,4-6,9-10H,3,7-8H2,(H,15,18)(H2,16,17,19)/b9-6+. The molecule has 1 aromatic carbocycles. The first-order chi connectivity index (χ1) is 9.24. The van der Waals surface area contributed by atoms with E-state index in [1.54, 1.807) is 12.3 Å². The maximum atomic E-state index is 11.4. The second-order valence-electron chi connectivity index (χ2n) is 3.68. The van der Waals surface area contributed by atoms with Crippen LogP contribution in [-0.2, 0) is 4.79 Å². The Bertz CT molecular complexity index is 449. The second kappa shape index (κ2) is 9.16. The molecule has 0 bridgehead atoms. The van der Waals surface area contributed by atoms with Crippen molar-refractivity contribution in [3.8, 4) is 0 Å². The number of carbonyl (C=O) groups excluding carboxylic acids is 2. The van der Waals surface area contributed by atoms with Crippen LogP contribution in [0.25, 0.3) is 6.08 Å². The van der Waals surface area contributed by atoms with E-state index in [1.165, 1.54) is 0 Å². The predicted octanol–water partition coefficient (Wildman–Crippen LogP) is 1.86. The van der Waals surface area contributed by atoms with Gasteiger partial charge in [-0.2, -0.15) is 0 Å². The van der Waals surface area contributed by atoms with E-state index >= 15 is 0 Å². The zero-order valence-electron chi connectivity index (χ0n) is 10.4. The molecule has 3 N–H and O–H groups in total. The molecule has 0 atom stereocenters. The zero-order chi connectivity index (χ0) is 13.9. The first kappa shape index (κ1) is 15.2. The summed E-state index contributed by atoms with van der Waals surface area (Å²) in [5.41, 5.74) is 0.984. The van der Waals surface area contributed by atoms with Gasteiger partial charge in [0.1, 0.15) is 0 Å². The van der Waals surface area contributed by atoms with E-state index in [9.17, 15) is 9.59 Å². The molecule has 0 saturated heterocycles. The van der Waals surface area contributed by atoms with E-state index in [0.717, 1.165) is 10.0 Å². The van der Waals surface area contributed by atoms with Gasteiger partial charge in [0.25, 0.3) is 0 Å². The van der Waals surface area contributed by atoms with Crippen molar-refractivity contribution in [3.05, 3.63) is 40.5 Å². The van der Waals surface area contributed by atoms with Gasteiger partial charge in [0.15, 0.2) is 0 Å². The number of carbonyl (C=O) groups is 2. The number of halogens is 1. The van der Waals surface area contributed by atoms with Crippen molar-refractivity contribution in [3.63, 3.8) is 0 Å². The van der Waals surface area contributed by atoms with E-state index in [4.69, 9.17) is 0 Å². The summed E-state index contributed by atoms with van der Waals surface area (Å²) in [4.78, 5) is 21.4. The van der Waals surface area contributed by atoms with E-state index in [-0.39, 0.29) is 6.03 Å². The Hall–Kier alpha value is -1.82. The highest BCUT2D eigenvalue weighted by atomic mass is 79.9. The lowest BCUT2D eigenvalue weighted by Crippen LogP contribution is -2.33. The Morgan fingerprint density at radius 2 is 2.05 bits per heavy atom. The number of hydrogen-bond acceptors (Lipinski definition) is 2. The lowest BCUT2D eigenvalue weighted by atomic mass is 10.2. The quantitative estimate of drug-likeness (QED) is 0.529. The minimum Gasteiger partial charge on any atom is -0.359 e. The summed E-state index contributed by atoms with van der Waals surface area (Å²) < 4.78 is 0.966. The summed E-state index contributed by atoms with van der Waals surface area (Å²) in [5.74, 6) is 0. The van der Waals surface area contributed by atoms with Gasteiger partial charge in [-0.3, -0.25) is 4.79 Å². The Kier molecular flexibility index (Phi) is 7.34. The minimum atomic E-state index is -0.269. The molecule has 0 heterocycles. The second-order valence-corrected chi connectivity index (χ2v) is 4.53. The number of benzene rings is 1. The van der Waals surface area contributed by atoms with Crippen LogP contribution >= 0.6 is 15.9 Å². The average Bonchev–Trinajstić information content (AvgIpc) is 2.41. The number of rotatable bonds is 7. The van der Waals surface area contributed by atoms with Crippen molar-refractivity contribution in [2.75, 3.05) is 13.1 Å². The molecule has 0 unspecified atom stereocenters. The largest absolute Gasteiger partial charge is 0.359 e. The maximum absolute atomic E-state index is 11.4. The SMILES string of the molecule is O=CNCCCNC(=O)N/C=C/c1ccccc1Br. The molecule has 3 amide bonds. The van der Waals surface area contributed by atoms with Crippen LogP contribution < -0.4 is 16.0 Å². The van der Waals surface area contributed by atoms with Crippen LogP contribution in [0.3, 0.4) is 0 Å². The third-order valence-corrected chi connectivity index (χ3v) is 2.97.